The van der Waals surface area contributed by atoms with E-state index >= 15 is 0 Å². The zero-order chi connectivity index (χ0) is 15.1. The van der Waals surface area contributed by atoms with E-state index in [9.17, 15) is 4.79 Å². The first-order chi connectivity index (χ1) is 10.2. The molecule has 0 aromatic carbocycles. The average Bonchev–Trinajstić information content (AvgIpc) is 2.97. The number of imidazole rings is 1. The van der Waals surface area contributed by atoms with Crippen LogP contribution in [0.3, 0.4) is 0 Å². The number of hydrogen-bond acceptors (Lipinski definition) is 4. The molecule has 0 aliphatic heterocycles. The van der Waals surface area contributed by atoms with E-state index in [1.165, 1.54) is 0 Å². The standard InChI is InChI=1S/C15H20N4O2/c1-2-4-13-9-12(15(20)21)10-14(18-13)17-5-3-7-19-8-6-16-11-19/h6,8-11H,2-5,7H2,1H3,(H,17,18)(H,20,21). The molecule has 0 aliphatic rings. The van der Waals surface area contributed by atoms with Crippen LogP contribution in [0.5, 0.6) is 0 Å². The highest BCUT2D eigenvalue weighted by molar-refractivity contribution is 5.88. The Morgan fingerprint density at radius 3 is 2.95 bits per heavy atom. The molecule has 2 heterocycles. The number of carboxylic acids is 1. The van der Waals surface area contributed by atoms with Crippen molar-refractivity contribution in [2.45, 2.75) is 32.7 Å². The van der Waals surface area contributed by atoms with Crippen molar-refractivity contribution in [2.75, 3.05) is 11.9 Å². The highest BCUT2D eigenvalue weighted by Gasteiger charge is 2.08. The molecule has 0 bridgehead atoms. The number of rotatable bonds is 8. The van der Waals surface area contributed by atoms with E-state index in [4.69, 9.17) is 5.11 Å². The second-order valence-electron chi connectivity index (χ2n) is 4.87. The minimum Gasteiger partial charge on any atom is -0.478 e. The topological polar surface area (TPSA) is 80.0 Å². The average molecular weight is 288 g/mol. The number of aromatic carboxylic acids is 1. The number of pyridine rings is 1. The summed E-state index contributed by atoms with van der Waals surface area (Å²) in [5, 5.41) is 12.3. The lowest BCUT2D eigenvalue weighted by molar-refractivity contribution is 0.0696. The summed E-state index contributed by atoms with van der Waals surface area (Å²) in [5.41, 5.74) is 1.10. The van der Waals surface area contributed by atoms with Crippen LogP contribution in [-0.2, 0) is 13.0 Å². The Morgan fingerprint density at radius 2 is 2.29 bits per heavy atom. The third-order valence-corrected chi connectivity index (χ3v) is 3.09. The van der Waals surface area contributed by atoms with Crippen molar-refractivity contribution in [2.24, 2.45) is 0 Å². The molecule has 0 fully saturated rings. The van der Waals surface area contributed by atoms with Crippen LogP contribution in [0.2, 0.25) is 0 Å². The van der Waals surface area contributed by atoms with Gasteiger partial charge < -0.3 is 15.0 Å². The van der Waals surface area contributed by atoms with E-state index < -0.39 is 5.97 Å². The van der Waals surface area contributed by atoms with Gasteiger partial charge in [0, 0.05) is 31.2 Å². The molecule has 2 N–H and O–H groups in total. The first-order valence-corrected chi connectivity index (χ1v) is 7.13. The predicted octanol–water partition coefficient (Wildman–Crippen LogP) is 2.43. The van der Waals surface area contributed by atoms with E-state index in [0.717, 1.165) is 38.0 Å². The number of hydrogen-bond donors (Lipinski definition) is 2. The molecular formula is C15H20N4O2. The Morgan fingerprint density at radius 1 is 1.43 bits per heavy atom. The lowest BCUT2D eigenvalue weighted by atomic mass is 10.1. The number of nitrogens with one attached hydrogen (secondary N) is 1. The van der Waals surface area contributed by atoms with Gasteiger partial charge in [-0.3, -0.25) is 0 Å². The zero-order valence-electron chi connectivity index (χ0n) is 12.1. The molecule has 112 valence electrons. The lowest BCUT2D eigenvalue weighted by Crippen LogP contribution is -2.09. The second kappa shape index (κ2) is 7.42. The minimum absolute atomic E-state index is 0.283. The summed E-state index contributed by atoms with van der Waals surface area (Å²) in [5.74, 6) is -0.291. The molecule has 0 aliphatic carbocycles. The fourth-order valence-electron chi connectivity index (χ4n) is 2.08. The van der Waals surface area contributed by atoms with Crippen LogP contribution in [0.15, 0.2) is 30.9 Å². The number of carbonyl (C=O) groups is 1. The molecule has 21 heavy (non-hydrogen) atoms. The SMILES string of the molecule is CCCc1cc(C(=O)O)cc(NCCCn2ccnc2)n1. The van der Waals surface area contributed by atoms with Gasteiger partial charge in [-0.2, -0.15) is 0 Å². The minimum atomic E-state index is -0.920. The van der Waals surface area contributed by atoms with Gasteiger partial charge in [0.05, 0.1) is 11.9 Å². The summed E-state index contributed by atoms with van der Waals surface area (Å²) in [6.07, 6.45) is 8.09. The number of aromatic nitrogens is 3. The Hall–Kier alpha value is -2.37. The summed E-state index contributed by atoms with van der Waals surface area (Å²) in [4.78, 5) is 19.6. The summed E-state index contributed by atoms with van der Waals surface area (Å²) in [7, 11) is 0. The summed E-state index contributed by atoms with van der Waals surface area (Å²) in [6.45, 7) is 3.65. The highest BCUT2D eigenvalue weighted by Crippen LogP contribution is 2.12. The van der Waals surface area contributed by atoms with Gasteiger partial charge in [-0.05, 0) is 25.0 Å². The van der Waals surface area contributed by atoms with Crippen LogP contribution in [0.4, 0.5) is 5.82 Å². The van der Waals surface area contributed by atoms with E-state index in [1.807, 2.05) is 17.7 Å². The molecule has 0 saturated heterocycles. The summed E-state index contributed by atoms with van der Waals surface area (Å²) >= 11 is 0. The maximum Gasteiger partial charge on any atom is 0.335 e. The molecule has 0 unspecified atom stereocenters. The molecule has 2 rings (SSSR count). The Balaban J connectivity index is 1.93. The maximum atomic E-state index is 11.1. The monoisotopic (exact) mass is 288 g/mol. The van der Waals surface area contributed by atoms with Crippen LogP contribution >= 0.6 is 0 Å². The van der Waals surface area contributed by atoms with Gasteiger partial charge in [0.15, 0.2) is 0 Å². The number of nitrogens with zero attached hydrogens (tertiary/aromatic N) is 3. The molecule has 0 amide bonds. The van der Waals surface area contributed by atoms with Gasteiger partial charge in [-0.15, -0.1) is 0 Å². The Bertz CT molecular complexity index is 581. The molecular weight excluding hydrogens is 268 g/mol. The van der Waals surface area contributed by atoms with Crippen LogP contribution in [0.1, 0.15) is 35.8 Å². The van der Waals surface area contributed by atoms with Crippen molar-refractivity contribution in [1.29, 1.82) is 0 Å². The number of aryl methyl sites for hydroxylation is 2. The van der Waals surface area contributed by atoms with Gasteiger partial charge >= 0.3 is 5.97 Å². The van der Waals surface area contributed by atoms with Crippen molar-refractivity contribution in [3.05, 3.63) is 42.1 Å². The van der Waals surface area contributed by atoms with Gasteiger partial charge in [0.1, 0.15) is 5.82 Å². The highest BCUT2D eigenvalue weighted by atomic mass is 16.4. The van der Waals surface area contributed by atoms with E-state index in [0.29, 0.717) is 5.82 Å². The van der Waals surface area contributed by atoms with Crippen LogP contribution in [0.25, 0.3) is 0 Å². The van der Waals surface area contributed by atoms with Crippen molar-refractivity contribution in [1.82, 2.24) is 14.5 Å². The van der Waals surface area contributed by atoms with Gasteiger partial charge in [-0.25, -0.2) is 14.8 Å². The predicted molar refractivity (Wildman–Crippen MR) is 80.5 cm³/mol. The fourth-order valence-corrected chi connectivity index (χ4v) is 2.08. The van der Waals surface area contributed by atoms with Crippen molar-refractivity contribution in [3.63, 3.8) is 0 Å². The van der Waals surface area contributed by atoms with Crippen LogP contribution in [0, 0.1) is 0 Å². The van der Waals surface area contributed by atoms with Crippen molar-refractivity contribution >= 4 is 11.8 Å². The normalized spacial score (nSPS) is 10.5. The van der Waals surface area contributed by atoms with Gasteiger partial charge in [0.2, 0.25) is 0 Å². The van der Waals surface area contributed by atoms with Crippen molar-refractivity contribution in [3.8, 4) is 0 Å². The lowest BCUT2D eigenvalue weighted by Gasteiger charge is -2.09. The first-order valence-electron chi connectivity index (χ1n) is 7.13. The van der Waals surface area contributed by atoms with Crippen LogP contribution < -0.4 is 5.32 Å². The first kappa shape index (κ1) is 15.0. The van der Waals surface area contributed by atoms with Gasteiger partial charge in [0.25, 0.3) is 0 Å². The second-order valence-corrected chi connectivity index (χ2v) is 4.87. The molecule has 2 aromatic heterocycles. The van der Waals surface area contributed by atoms with Gasteiger partial charge in [-0.1, -0.05) is 13.3 Å². The smallest absolute Gasteiger partial charge is 0.335 e. The maximum absolute atomic E-state index is 11.1. The van der Waals surface area contributed by atoms with E-state index in [2.05, 4.69) is 15.3 Å². The molecule has 0 atom stereocenters. The molecule has 6 nitrogen and oxygen atoms in total. The summed E-state index contributed by atoms with van der Waals surface area (Å²) in [6, 6.07) is 3.22. The Kier molecular flexibility index (Phi) is 5.31. The largest absolute Gasteiger partial charge is 0.478 e. The molecule has 0 saturated carbocycles. The Labute approximate surface area is 123 Å². The van der Waals surface area contributed by atoms with Crippen LogP contribution in [-0.4, -0.2) is 32.2 Å². The summed E-state index contributed by atoms with van der Waals surface area (Å²) < 4.78 is 2.01. The zero-order valence-corrected chi connectivity index (χ0v) is 12.1. The van der Waals surface area contributed by atoms with E-state index in [-0.39, 0.29) is 5.56 Å². The number of carboxylic acid groups (broad SMARTS) is 1. The third kappa shape index (κ3) is 4.59. The quantitative estimate of drug-likeness (QED) is 0.729. The molecule has 0 radical (unpaired) electrons. The molecule has 2 aromatic rings. The molecule has 0 spiro atoms. The van der Waals surface area contributed by atoms with E-state index in [1.54, 1.807) is 24.7 Å². The third-order valence-electron chi connectivity index (χ3n) is 3.09. The van der Waals surface area contributed by atoms with Crippen molar-refractivity contribution < 1.29 is 9.90 Å². The fraction of sp³-hybridized carbons (Fsp3) is 0.400. The number of anilines is 1. The molecule has 6 heteroatoms.